The van der Waals surface area contributed by atoms with Crippen molar-refractivity contribution in [1.29, 1.82) is 0 Å². The molecule has 1 aliphatic rings. The molecule has 0 heterocycles. The molecule has 4 atom stereocenters. The van der Waals surface area contributed by atoms with Crippen molar-refractivity contribution in [2.45, 2.75) is 64.8 Å². The molecule has 6 nitrogen and oxygen atoms in total. The molecule has 2 rings (SSSR count). The number of esters is 2. The third kappa shape index (κ3) is 4.92. The van der Waals surface area contributed by atoms with E-state index in [1.807, 2.05) is 0 Å². The zero-order valence-corrected chi connectivity index (χ0v) is 17.5. The third-order valence-corrected chi connectivity index (χ3v) is 4.99. The van der Waals surface area contributed by atoms with Crippen LogP contribution >= 0.6 is 11.6 Å². The summed E-state index contributed by atoms with van der Waals surface area (Å²) in [7, 11) is 0. The summed E-state index contributed by atoms with van der Waals surface area (Å²) < 4.78 is 10.7. The summed E-state index contributed by atoms with van der Waals surface area (Å²) in [6, 6.07) is 6.51. The van der Waals surface area contributed by atoms with Crippen molar-refractivity contribution < 1.29 is 29.0 Å². The number of ether oxygens (including phenoxy) is 2. The predicted octanol–water partition coefficient (Wildman–Crippen LogP) is 3.28. The van der Waals surface area contributed by atoms with Gasteiger partial charge in [-0.2, -0.15) is 0 Å². The van der Waals surface area contributed by atoms with Crippen molar-refractivity contribution >= 4 is 29.3 Å². The molecule has 1 saturated carbocycles. The van der Waals surface area contributed by atoms with Gasteiger partial charge in [0, 0.05) is 17.4 Å². The summed E-state index contributed by atoms with van der Waals surface area (Å²) in [6.07, 6.45) is -1.17. The lowest BCUT2D eigenvalue weighted by atomic mass is 9.61. The van der Waals surface area contributed by atoms with E-state index < -0.39 is 53.3 Å². The number of hydrogen-bond donors (Lipinski definition) is 1. The molecule has 0 radical (unpaired) electrons. The van der Waals surface area contributed by atoms with Crippen LogP contribution in [0.25, 0.3) is 0 Å². The van der Waals surface area contributed by atoms with Gasteiger partial charge in [0.15, 0.2) is 5.78 Å². The van der Waals surface area contributed by atoms with Crippen LogP contribution in [0, 0.1) is 11.8 Å². The number of carbonyl (C=O) groups excluding carboxylic acids is 3. The van der Waals surface area contributed by atoms with E-state index in [2.05, 4.69) is 0 Å². The summed E-state index contributed by atoms with van der Waals surface area (Å²) in [4.78, 5) is 38.5. The van der Waals surface area contributed by atoms with Gasteiger partial charge in [0.2, 0.25) is 0 Å². The molecule has 0 aliphatic heterocycles. The predicted molar refractivity (Wildman–Crippen MR) is 104 cm³/mol. The lowest BCUT2D eigenvalue weighted by Gasteiger charge is -2.44. The van der Waals surface area contributed by atoms with E-state index in [1.165, 1.54) is 6.92 Å². The number of halogens is 1. The van der Waals surface area contributed by atoms with Crippen LogP contribution in [0.4, 0.5) is 0 Å². The molecule has 1 N–H and O–H groups in total. The van der Waals surface area contributed by atoms with E-state index in [1.54, 1.807) is 52.0 Å². The van der Waals surface area contributed by atoms with E-state index in [0.29, 0.717) is 10.6 Å². The largest absolute Gasteiger partial charge is 0.463 e. The van der Waals surface area contributed by atoms with Crippen LogP contribution in [-0.2, 0) is 23.9 Å². The Labute approximate surface area is 170 Å². The number of benzene rings is 1. The van der Waals surface area contributed by atoms with Crippen LogP contribution in [0.15, 0.2) is 24.3 Å². The van der Waals surface area contributed by atoms with Crippen molar-refractivity contribution in [2.24, 2.45) is 11.8 Å². The van der Waals surface area contributed by atoms with Gasteiger partial charge in [0.25, 0.3) is 0 Å². The minimum Gasteiger partial charge on any atom is -0.463 e. The number of ketones is 1. The van der Waals surface area contributed by atoms with Gasteiger partial charge in [-0.15, -0.1) is 0 Å². The molecule has 1 aliphatic carbocycles. The fourth-order valence-corrected chi connectivity index (χ4v) is 3.84. The molecule has 0 spiro atoms. The minimum absolute atomic E-state index is 0.340. The third-order valence-electron chi connectivity index (χ3n) is 4.73. The molecule has 1 aromatic carbocycles. The average molecular weight is 411 g/mol. The average Bonchev–Trinajstić information content (AvgIpc) is 2.52. The molecule has 7 heteroatoms. The van der Waals surface area contributed by atoms with E-state index >= 15 is 0 Å². The molecule has 0 unspecified atom stereocenters. The first kappa shape index (κ1) is 22.4. The van der Waals surface area contributed by atoms with Crippen LogP contribution in [0.2, 0.25) is 5.02 Å². The van der Waals surface area contributed by atoms with Crippen LogP contribution in [0.1, 0.15) is 52.5 Å². The molecule has 1 aromatic rings. The Morgan fingerprint density at radius 2 is 1.57 bits per heavy atom. The molecular weight excluding hydrogens is 384 g/mol. The highest BCUT2D eigenvalue weighted by molar-refractivity contribution is 6.30. The first-order chi connectivity index (χ1) is 12.9. The topological polar surface area (TPSA) is 89.9 Å². The summed E-state index contributed by atoms with van der Waals surface area (Å²) >= 11 is 5.97. The van der Waals surface area contributed by atoms with E-state index in [9.17, 15) is 19.5 Å². The Morgan fingerprint density at radius 3 is 2.07 bits per heavy atom. The summed E-state index contributed by atoms with van der Waals surface area (Å²) in [5, 5.41) is 11.4. The van der Waals surface area contributed by atoms with E-state index in [0.717, 1.165) is 0 Å². The normalized spacial score (nSPS) is 27.8. The fraction of sp³-hybridized carbons (Fsp3) is 0.571. The standard InChI is InChI=1S/C21H27ClO6/c1-11(2)27-19(24)17-15(23)10-21(5,26)18(20(25)28-12(3)4)16(17)13-6-8-14(22)9-7-13/h6-9,11-12,16-18,26H,10H2,1-5H3/t16-,17+,18+,21-/m1/s1. The number of hydrogen-bond acceptors (Lipinski definition) is 6. The first-order valence-corrected chi connectivity index (χ1v) is 9.73. The summed E-state index contributed by atoms with van der Waals surface area (Å²) in [5.74, 6) is -5.09. The lowest BCUT2D eigenvalue weighted by Crippen LogP contribution is -2.55. The van der Waals surface area contributed by atoms with Crippen LogP contribution in [0.3, 0.4) is 0 Å². The van der Waals surface area contributed by atoms with Crippen molar-refractivity contribution in [1.82, 2.24) is 0 Å². The molecule has 28 heavy (non-hydrogen) atoms. The number of carbonyl (C=O) groups is 3. The molecule has 154 valence electrons. The Morgan fingerprint density at radius 1 is 1.07 bits per heavy atom. The maximum absolute atomic E-state index is 12.9. The van der Waals surface area contributed by atoms with Crippen molar-refractivity contribution in [3.63, 3.8) is 0 Å². The number of aliphatic hydroxyl groups is 1. The van der Waals surface area contributed by atoms with Crippen LogP contribution in [-0.4, -0.2) is 40.6 Å². The van der Waals surface area contributed by atoms with Gasteiger partial charge < -0.3 is 14.6 Å². The molecule has 1 fully saturated rings. The first-order valence-electron chi connectivity index (χ1n) is 9.35. The Kier molecular flexibility index (Phi) is 6.88. The van der Waals surface area contributed by atoms with Crippen molar-refractivity contribution in [3.8, 4) is 0 Å². The molecule has 0 aromatic heterocycles. The maximum Gasteiger partial charge on any atom is 0.317 e. The SMILES string of the molecule is CC(C)OC(=O)[C@H]1C(=O)C[C@@](C)(O)[C@H](C(=O)OC(C)C)[C@@H]1c1ccc(Cl)cc1. The lowest BCUT2D eigenvalue weighted by molar-refractivity contribution is -0.176. The monoisotopic (exact) mass is 410 g/mol. The van der Waals surface area contributed by atoms with Crippen LogP contribution < -0.4 is 0 Å². The Hall–Kier alpha value is -1.92. The van der Waals surface area contributed by atoms with E-state index in [4.69, 9.17) is 21.1 Å². The highest BCUT2D eigenvalue weighted by Gasteiger charge is 2.57. The second-order valence-corrected chi connectivity index (χ2v) is 8.44. The summed E-state index contributed by atoms with van der Waals surface area (Å²) in [5.41, 5.74) is -1.13. The van der Waals surface area contributed by atoms with Gasteiger partial charge in [-0.05, 0) is 52.3 Å². The van der Waals surface area contributed by atoms with Crippen molar-refractivity contribution in [2.75, 3.05) is 0 Å². The second kappa shape index (κ2) is 8.62. The van der Waals surface area contributed by atoms with Gasteiger partial charge in [-0.25, -0.2) is 0 Å². The second-order valence-electron chi connectivity index (χ2n) is 8.00. The van der Waals surface area contributed by atoms with E-state index in [-0.39, 0.29) is 6.42 Å². The minimum atomic E-state index is -1.66. The smallest absolute Gasteiger partial charge is 0.317 e. The van der Waals surface area contributed by atoms with Crippen LogP contribution in [0.5, 0.6) is 0 Å². The van der Waals surface area contributed by atoms with Gasteiger partial charge in [-0.1, -0.05) is 23.7 Å². The van der Waals surface area contributed by atoms with Gasteiger partial charge in [0.1, 0.15) is 5.92 Å². The highest BCUT2D eigenvalue weighted by atomic mass is 35.5. The van der Waals surface area contributed by atoms with Gasteiger partial charge in [0.05, 0.1) is 23.7 Å². The van der Waals surface area contributed by atoms with Gasteiger partial charge >= 0.3 is 11.9 Å². The fourth-order valence-electron chi connectivity index (χ4n) is 3.71. The quantitative estimate of drug-likeness (QED) is 0.591. The Bertz CT molecular complexity index is 730. The van der Waals surface area contributed by atoms with Gasteiger partial charge in [-0.3, -0.25) is 14.4 Å². The summed E-state index contributed by atoms with van der Waals surface area (Å²) in [6.45, 7) is 8.18. The molecular formula is C21H27ClO6. The van der Waals surface area contributed by atoms with Crippen molar-refractivity contribution in [3.05, 3.63) is 34.9 Å². The maximum atomic E-state index is 12.9. The highest BCUT2D eigenvalue weighted by Crippen LogP contribution is 2.47. The molecule has 0 amide bonds. The Balaban J connectivity index is 2.59. The molecule has 0 bridgehead atoms. The number of rotatable bonds is 5. The number of Topliss-reactive ketones (excluding diaryl/α,β-unsaturated/α-hetero) is 1. The zero-order chi connectivity index (χ0) is 21.2. The zero-order valence-electron chi connectivity index (χ0n) is 16.8. The molecule has 0 saturated heterocycles.